The van der Waals surface area contributed by atoms with Gasteiger partial charge in [0.25, 0.3) is 0 Å². The fourth-order valence-corrected chi connectivity index (χ4v) is 3.00. The number of rotatable bonds is 11. The first-order valence-corrected chi connectivity index (χ1v) is 9.70. The van der Waals surface area contributed by atoms with Gasteiger partial charge in [-0.25, -0.2) is 0 Å². The van der Waals surface area contributed by atoms with Crippen LogP contribution in [0.3, 0.4) is 0 Å². The number of nitrogens with one attached hydrogen (secondary N) is 2. The normalized spacial score (nSPS) is 13.3. The molecule has 6 heteroatoms. The molecule has 0 amide bonds. The van der Waals surface area contributed by atoms with Crippen molar-refractivity contribution in [2.75, 3.05) is 33.2 Å². The highest BCUT2D eigenvalue weighted by molar-refractivity contribution is 5.79. The van der Waals surface area contributed by atoms with E-state index >= 15 is 0 Å². The molecule has 25 heavy (non-hydrogen) atoms. The molecule has 0 aliphatic rings. The molecular weight excluding hydrogens is 312 g/mol. The van der Waals surface area contributed by atoms with Gasteiger partial charge in [-0.1, -0.05) is 13.8 Å². The van der Waals surface area contributed by atoms with Crippen molar-refractivity contribution < 1.29 is 0 Å². The molecule has 1 rings (SSSR count). The summed E-state index contributed by atoms with van der Waals surface area (Å²) in [6.07, 6.45) is 3.40. The van der Waals surface area contributed by atoms with Crippen molar-refractivity contribution >= 4 is 5.96 Å². The SMILES string of the molecule is CCN(CC)CCCC(C)NC(=NC)NCCCn1nc(C)cc1C. The zero-order valence-electron chi connectivity index (χ0n) is 17.1. The van der Waals surface area contributed by atoms with Crippen molar-refractivity contribution in [1.29, 1.82) is 0 Å². The Kier molecular flexibility index (Phi) is 10.2. The third-order valence-corrected chi connectivity index (χ3v) is 4.56. The second-order valence-electron chi connectivity index (χ2n) is 6.72. The smallest absolute Gasteiger partial charge is 0.191 e. The monoisotopic (exact) mass is 350 g/mol. The lowest BCUT2D eigenvalue weighted by molar-refractivity contribution is 0.292. The lowest BCUT2D eigenvalue weighted by atomic mass is 10.2. The van der Waals surface area contributed by atoms with Gasteiger partial charge in [0, 0.05) is 31.9 Å². The molecule has 0 aliphatic heterocycles. The first kappa shape index (κ1) is 21.5. The number of aryl methyl sites for hydroxylation is 3. The van der Waals surface area contributed by atoms with Crippen LogP contribution in [0.5, 0.6) is 0 Å². The number of nitrogens with zero attached hydrogens (tertiary/aromatic N) is 4. The van der Waals surface area contributed by atoms with Crippen LogP contribution in [0.2, 0.25) is 0 Å². The number of guanidine groups is 1. The third-order valence-electron chi connectivity index (χ3n) is 4.56. The average Bonchev–Trinajstić information content (AvgIpc) is 2.91. The number of hydrogen-bond donors (Lipinski definition) is 2. The van der Waals surface area contributed by atoms with Gasteiger partial charge in [0.15, 0.2) is 5.96 Å². The molecule has 1 heterocycles. The summed E-state index contributed by atoms with van der Waals surface area (Å²) in [6.45, 7) is 16.1. The third kappa shape index (κ3) is 8.38. The molecule has 2 N–H and O–H groups in total. The second-order valence-corrected chi connectivity index (χ2v) is 6.72. The summed E-state index contributed by atoms with van der Waals surface area (Å²) in [4.78, 5) is 6.80. The van der Waals surface area contributed by atoms with Gasteiger partial charge in [-0.2, -0.15) is 5.10 Å². The van der Waals surface area contributed by atoms with Crippen LogP contribution in [0.25, 0.3) is 0 Å². The maximum Gasteiger partial charge on any atom is 0.191 e. The molecule has 1 aromatic heterocycles. The van der Waals surface area contributed by atoms with Crippen LogP contribution in [0, 0.1) is 13.8 Å². The van der Waals surface area contributed by atoms with Crippen molar-refractivity contribution in [3.63, 3.8) is 0 Å². The van der Waals surface area contributed by atoms with Crippen LogP contribution in [0.4, 0.5) is 0 Å². The van der Waals surface area contributed by atoms with Crippen molar-refractivity contribution in [2.24, 2.45) is 4.99 Å². The van der Waals surface area contributed by atoms with E-state index in [2.05, 4.69) is 64.1 Å². The van der Waals surface area contributed by atoms with Crippen LogP contribution < -0.4 is 10.6 Å². The fourth-order valence-electron chi connectivity index (χ4n) is 3.00. The highest BCUT2D eigenvalue weighted by Crippen LogP contribution is 2.02. The quantitative estimate of drug-likeness (QED) is 0.366. The average molecular weight is 351 g/mol. The topological polar surface area (TPSA) is 57.5 Å². The Morgan fingerprint density at radius 3 is 2.56 bits per heavy atom. The van der Waals surface area contributed by atoms with Crippen molar-refractivity contribution in [1.82, 2.24) is 25.3 Å². The van der Waals surface area contributed by atoms with Gasteiger partial charge in [-0.3, -0.25) is 9.67 Å². The van der Waals surface area contributed by atoms with E-state index in [1.165, 1.54) is 18.7 Å². The van der Waals surface area contributed by atoms with E-state index in [1.54, 1.807) is 0 Å². The Hall–Kier alpha value is -1.56. The molecule has 0 aliphatic carbocycles. The zero-order chi connectivity index (χ0) is 18.7. The molecule has 0 spiro atoms. The Morgan fingerprint density at radius 2 is 2.00 bits per heavy atom. The van der Waals surface area contributed by atoms with Crippen molar-refractivity contribution in [2.45, 2.75) is 66.5 Å². The Balaban J connectivity index is 2.22. The Labute approximate surface area is 154 Å². The minimum Gasteiger partial charge on any atom is -0.356 e. The summed E-state index contributed by atoms with van der Waals surface area (Å²) in [5.74, 6) is 0.892. The molecule has 0 saturated carbocycles. The highest BCUT2D eigenvalue weighted by atomic mass is 15.3. The van der Waals surface area contributed by atoms with E-state index in [-0.39, 0.29) is 0 Å². The van der Waals surface area contributed by atoms with Gasteiger partial charge < -0.3 is 15.5 Å². The predicted octanol–water partition coefficient (Wildman–Crippen LogP) is 2.57. The first-order chi connectivity index (χ1) is 12.0. The summed E-state index contributed by atoms with van der Waals surface area (Å²) in [7, 11) is 1.83. The molecule has 0 fully saturated rings. The molecule has 0 bridgehead atoms. The summed E-state index contributed by atoms with van der Waals surface area (Å²) in [6, 6.07) is 2.55. The van der Waals surface area contributed by atoms with Crippen LogP contribution in [0.1, 0.15) is 51.4 Å². The first-order valence-electron chi connectivity index (χ1n) is 9.70. The summed E-state index contributed by atoms with van der Waals surface area (Å²) < 4.78 is 2.07. The predicted molar refractivity (Wildman–Crippen MR) is 107 cm³/mol. The van der Waals surface area contributed by atoms with E-state index < -0.39 is 0 Å². The van der Waals surface area contributed by atoms with E-state index in [0.29, 0.717) is 6.04 Å². The molecule has 1 atom stereocenters. The maximum atomic E-state index is 4.50. The van der Waals surface area contributed by atoms with Gasteiger partial charge >= 0.3 is 0 Å². The summed E-state index contributed by atoms with van der Waals surface area (Å²) in [5.41, 5.74) is 2.31. The van der Waals surface area contributed by atoms with Gasteiger partial charge in [0.2, 0.25) is 0 Å². The minimum absolute atomic E-state index is 0.428. The standard InChI is InChI=1S/C19H38N6/c1-7-24(8-2)13-9-11-16(3)22-19(20-6)21-12-10-14-25-18(5)15-17(4)23-25/h15-16H,7-14H2,1-6H3,(H2,20,21,22). The zero-order valence-corrected chi connectivity index (χ0v) is 17.1. The molecular formula is C19H38N6. The number of hydrogen-bond acceptors (Lipinski definition) is 3. The summed E-state index contributed by atoms with van der Waals surface area (Å²) in [5, 5.41) is 11.4. The van der Waals surface area contributed by atoms with Crippen LogP contribution in [-0.2, 0) is 6.54 Å². The van der Waals surface area contributed by atoms with E-state index in [1.807, 2.05) is 14.0 Å². The van der Waals surface area contributed by atoms with Crippen LogP contribution in [-0.4, -0.2) is 59.9 Å². The lowest BCUT2D eigenvalue weighted by Gasteiger charge is -2.21. The largest absolute Gasteiger partial charge is 0.356 e. The van der Waals surface area contributed by atoms with Gasteiger partial charge in [0.1, 0.15) is 0 Å². The van der Waals surface area contributed by atoms with Gasteiger partial charge in [0.05, 0.1) is 5.69 Å². The van der Waals surface area contributed by atoms with E-state index in [9.17, 15) is 0 Å². The fraction of sp³-hybridized carbons (Fsp3) is 0.789. The Bertz CT molecular complexity index is 504. The molecule has 0 radical (unpaired) electrons. The van der Waals surface area contributed by atoms with Crippen molar-refractivity contribution in [3.8, 4) is 0 Å². The van der Waals surface area contributed by atoms with Crippen molar-refractivity contribution in [3.05, 3.63) is 17.5 Å². The van der Waals surface area contributed by atoms with E-state index in [0.717, 1.165) is 50.7 Å². The molecule has 0 aromatic carbocycles. The molecule has 6 nitrogen and oxygen atoms in total. The maximum absolute atomic E-state index is 4.50. The minimum atomic E-state index is 0.428. The highest BCUT2D eigenvalue weighted by Gasteiger charge is 2.07. The molecule has 144 valence electrons. The van der Waals surface area contributed by atoms with Gasteiger partial charge in [-0.15, -0.1) is 0 Å². The van der Waals surface area contributed by atoms with Gasteiger partial charge in [-0.05, 0) is 65.7 Å². The number of aromatic nitrogens is 2. The van der Waals surface area contributed by atoms with Crippen LogP contribution in [0.15, 0.2) is 11.1 Å². The lowest BCUT2D eigenvalue weighted by Crippen LogP contribution is -2.43. The molecule has 1 unspecified atom stereocenters. The number of aliphatic imine (C=N–C) groups is 1. The summed E-state index contributed by atoms with van der Waals surface area (Å²) >= 11 is 0. The Morgan fingerprint density at radius 1 is 1.28 bits per heavy atom. The molecule has 1 aromatic rings. The van der Waals surface area contributed by atoms with E-state index in [4.69, 9.17) is 0 Å². The second kappa shape index (κ2) is 11.9. The van der Waals surface area contributed by atoms with Crippen LogP contribution >= 0.6 is 0 Å². The molecule has 0 saturated heterocycles.